The van der Waals surface area contributed by atoms with Crippen LogP contribution in [0, 0.1) is 31.6 Å². The van der Waals surface area contributed by atoms with Crippen molar-refractivity contribution in [2.75, 3.05) is 13.1 Å². The Hall–Kier alpha value is -0.790. The van der Waals surface area contributed by atoms with Crippen LogP contribution in [-0.2, 0) is 6.54 Å². The summed E-state index contributed by atoms with van der Waals surface area (Å²) in [5.74, 6) is 4.55. The molecule has 2 aliphatic carbocycles. The maximum Gasteiger partial charge on any atom is 0.191 e. The van der Waals surface area contributed by atoms with Gasteiger partial charge in [0.25, 0.3) is 0 Å². The summed E-state index contributed by atoms with van der Waals surface area (Å²) < 4.78 is 5.21. The van der Waals surface area contributed by atoms with Gasteiger partial charge in [0.15, 0.2) is 5.96 Å². The number of hydrogen-bond acceptors (Lipinski definition) is 3. The summed E-state index contributed by atoms with van der Waals surface area (Å²) in [5, 5.41) is 10.9. The Bertz CT molecular complexity index is 503. The Balaban J connectivity index is 0.00000192. The van der Waals surface area contributed by atoms with E-state index >= 15 is 0 Å². The zero-order valence-electron chi connectivity index (χ0n) is 14.4. The van der Waals surface area contributed by atoms with Crippen LogP contribution in [0.15, 0.2) is 9.52 Å². The molecule has 0 saturated heterocycles. The summed E-state index contributed by atoms with van der Waals surface area (Å²) >= 11 is 0. The first-order chi connectivity index (χ1) is 10.7. The van der Waals surface area contributed by atoms with Gasteiger partial charge in [-0.1, -0.05) is 5.16 Å². The van der Waals surface area contributed by atoms with Crippen molar-refractivity contribution >= 4 is 29.9 Å². The summed E-state index contributed by atoms with van der Waals surface area (Å²) in [4.78, 5) is 4.70. The van der Waals surface area contributed by atoms with Gasteiger partial charge < -0.3 is 15.2 Å². The minimum atomic E-state index is 0. The van der Waals surface area contributed by atoms with E-state index in [0.29, 0.717) is 6.54 Å². The molecule has 6 heteroatoms. The fourth-order valence-electron chi connectivity index (χ4n) is 3.21. The number of aliphatic imine (C=N–C) groups is 1. The standard InChI is InChI=1S/C17H28N4O.HI/c1-4-18-17(19-9-15-11(2)21-22-12(15)3)20-10-16(13-5-6-13)14-7-8-14;/h13-14,16H,4-10H2,1-3H3,(H2,18,19,20);1H. The molecule has 0 atom stereocenters. The van der Waals surface area contributed by atoms with Gasteiger partial charge in [0.2, 0.25) is 0 Å². The molecule has 23 heavy (non-hydrogen) atoms. The molecule has 2 fully saturated rings. The zero-order chi connectivity index (χ0) is 15.5. The second kappa shape index (κ2) is 8.35. The Kier molecular flexibility index (Phi) is 6.73. The molecule has 1 heterocycles. The van der Waals surface area contributed by atoms with E-state index in [1.54, 1.807) is 0 Å². The van der Waals surface area contributed by atoms with Gasteiger partial charge in [-0.05, 0) is 64.2 Å². The number of aromatic nitrogens is 1. The topological polar surface area (TPSA) is 62.5 Å². The summed E-state index contributed by atoms with van der Waals surface area (Å²) in [6, 6.07) is 0. The second-order valence-electron chi connectivity index (χ2n) is 6.72. The molecule has 0 unspecified atom stereocenters. The van der Waals surface area contributed by atoms with E-state index in [-0.39, 0.29) is 24.0 Å². The Morgan fingerprint density at radius 1 is 1.22 bits per heavy atom. The van der Waals surface area contributed by atoms with E-state index in [2.05, 4.69) is 22.7 Å². The molecule has 0 spiro atoms. The van der Waals surface area contributed by atoms with Gasteiger partial charge >= 0.3 is 0 Å². The van der Waals surface area contributed by atoms with Crippen molar-refractivity contribution in [3.8, 4) is 0 Å². The van der Waals surface area contributed by atoms with Gasteiger partial charge in [-0.3, -0.25) is 0 Å². The molecule has 0 aliphatic heterocycles. The summed E-state index contributed by atoms with van der Waals surface area (Å²) in [6.45, 7) is 8.58. The third-order valence-electron chi connectivity index (χ3n) is 4.88. The smallest absolute Gasteiger partial charge is 0.191 e. The van der Waals surface area contributed by atoms with Crippen LogP contribution in [0.2, 0.25) is 0 Å². The lowest BCUT2D eigenvalue weighted by atomic mass is 9.98. The van der Waals surface area contributed by atoms with Crippen LogP contribution in [0.1, 0.15) is 49.6 Å². The van der Waals surface area contributed by atoms with Crippen molar-refractivity contribution in [3.05, 3.63) is 17.0 Å². The van der Waals surface area contributed by atoms with Crippen molar-refractivity contribution in [1.82, 2.24) is 15.8 Å². The zero-order valence-corrected chi connectivity index (χ0v) is 16.7. The van der Waals surface area contributed by atoms with Gasteiger partial charge in [-0.25, -0.2) is 4.99 Å². The SMILES string of the molecule is CCNC(=NCc1c(C)noc1C)NCC(C1CC1)C1CC1.I. The lowest BCUT2D eigenvalue weighted by Crippen LogP contribution is -2.40. The molecule has 2 saturated carbocycles. The number of halogens is 1. The molecule has 1 aromatic heterocycles. The van der Waals surface area contributed by atoms with Crippen LogP contribution in [-0.4, -0.2) is 24.2 Å². The van der Waals surface area contributed by atoms with Crippen LogP contribution < -0.4 is 10.6 Å². The first-order valence-electron chi connectivity index (χ1n) is 8.63. The van der Waals surface area contributed by atoms with Crippen LogP contribution in [0.25, 0.3) is 0 Å². The largest absolute Gasteiger partial charge is 0.361 e. The number of hydrogen-bond donors (Lipinski definition) is 2. The maximum atomic E-state index is 5.21. The fraction of sp³-hybridized carbons (Fsp3) is 0.765. The van der Waals surface area contributed by atoms with E-state index < -0.39 is 0 Å². The Labute approximate surface area is 156 Å². The molecule has 0 aromatic carbocycles. The van der Waals surface area contributed by atoms with Crippen molar-refractivity contribution in [2.45, 2.75) is 53.0 Å². The molecule has 2 aliphatic rings. The van der Waals surface area contributed by atoms with Gasteiger partial charge in [0, 0.05) is 18.7 Å². The maximum absolute atomic E-state index is 5.21. The predicted molar refractivity (Wildman–Crippen MR) is 103 cm³/mol. The summed E-state index contributed by atoms with van der Waals surface area (Å²) in [5.41, 5.74) is 2.03. The molecule has 0 bridgehead atoms. The van der Waals surface area contributed by atoms with Crippen LogP contribution >= 0.6 is 24.0 Å². The van der Waals surface area contributed by atoms with Crippen molar-refractivity contribution in [2.24, 2.45) is 22.7 Å². The average molecular weight is 432 g/mol. The minimum absolute atomic E-state index is 0. The van der Waals surface area contributed by atoms with Crippen molar-refractivity contribution in [1.29, 1.82) is 0 Å². The van der Waals surface area contributed by atoms with Crippen molar-refractivity contribution < 1.29 is 4.52 Å². The fourth-order valence-corrected chi connectivity index (χ4v) is 3.21. The number of rotatable bonds is 7. The number of nitrogens with one attached hydrogen (secondary N) is 2. The molecular weight excluding hydrogens is 403 g/mol. The summed E-state index contributed by atoms with van der Waals surface area (Å²) in [6.07, 6.45) is 5.70. The Morgan fingerprint density at radius 3 is 2.35 bits per heavy atom. The van der Waals surface area contributed by atoms with Gasteiger partial charge in [-0.2, -0.15) is 0 Å². The number of guanidine groups is 1. The van der Waals surface area contributed by atoms with Crippen LogP contribution in [0.5, 0.6) is 0 Å². The highest BCUT2D eigenvalue weighted by atomic mass is 127. The molecule has 3 rings (SSSR count). The van der Waals surface area contributed by atoms with Gasteiger partial charge in [0.05, 0.1) is 12.2 Å². The summed E-state index contributed by atoms with van der Waals surface area (Å²) in [7, 11) is 0. The lowest BCUT2D eigenvalue weighted by Gasteiger charge is -2.18. The average Bonchev–Trinajstić information content (AvgIpc) is 3.39. The van der Waals surface area contributed by atoms with Gasteiger partial charge in [0.1, 0.15) is 5.76 Å². The highest BCUT2D eigenvalue weighted by molar-refractivity contribution is 14.0. The number of nitrogens with zero attached hydrogens (tertiary/aromatic N) is 2. The van der Waals surface area contributed by atoms with E-state index in [0.717, 1.165) is 53.8 Å². The normalized spacial score (nSPS) is 18.0. The molecule has 0 amide bonds. The lowest BCUT2D eigenvalue weighted by molar-refractivity contribution is 0.392. The van der Waals surface area contributed by atoms with E-state index in [1.807, 2.05) is 13.8 Å². The van der Waals surface area contributed by atoms with Gasteiger partial charge in [-0.15, -0.1) is 24.0 Å². The molecule has 2 N–H and O–H groups in total. The highest BCUT2D eigenvalue weighted by Gasteiger charge is 2.41. The first kappa shape index (κ1) is 18.5. The minimum Gasteiger partial charge on any atom is -0.361 e. The quantitative estimate of drug-likeness (QED) is 0.394. The third-order valence-corrected chi connectivity index (χ3v) is 4.88. The molecular formula is C17H29IN4O. The van der Waals surface area contributed by atoms with E-state index in [9.17, 15) is 0 Å². The molecule has 0 radical (unpaired) electrons. The monoisotopic (exact) mass is 432 g/mol. The predicted octanol–water partition coefficient (Wildman–Crippen LogP) is 3.40. The second-order valence-corrected chi connectivity index (χ2v) is 6.72. The van der Waals surface area contributed by atoms with E-state index in [1.165, 1.54) is 25.7 Å². The molecule has 130 valence electrons. The third kappa shape index (κ3) is 5.09. The van der Waals surface area contributed by atoms with Crippen molar-refractivity contribution in [3.63, 3.8) is 0 Å². The van der Waals surface area contributed by atoms with E-state index in [4.69, 9.17) is 9.52 Å². The number of aryl methyl sites for hydroxylation is 2. The van der Waals surface area contributed by atoms with Crippen LogP contribution in [0.4, 0.5) is 0 Å². The van der Waals surface area contributed by atoms with Crippen LogP contribution in [0.3, 0.4) is 0 Å². The molecule has 1 aromatic rings. The molecule has 5 nitrogen and oxygen atoms in total. The highest BCUT2D eigenvalue weighted by Crippen LogP contribution is 2.48. The Morgan fingerprint density at radius 2 is 1.87 bits per heavy atom. The first-order valence-corrected chi connectivity index (χ1v) is 8.63.